The van der Waals surface area contributed by atoms with Crippen LogP contribution >= 0.6 is 0 Å². The number of hydrogen-bond acceptors (Lipinski definition) is 3. The van der Waals surface area contributed by atoms with Gasteiger partial charge in [-0.1, -0.05) is 45.0 Å². The first-order valence-corrected chi connectivity index (χ1v) is 7.21. The molecule has 0 atom stereocenters. The van der Waals surface area contributed by atoms with Gasteiger partial charge < -0.3 is 0 Å². The van der Waals surface area contributed by atoms with Crippen LogP contribution in [0.3, 0.4) is 0 Å². The van der Waals surface area contributed by atoms with Crippen LogP contribution < -0.4 is 0 Å². The minimum absolute atomic E-state index is 0.0917. The fourth-order valence-corrected chi connectivity index (χ4v) is 2.24. The molecule has 0 saturated carbocycles. The molecule has 0 aliphatic carbocycles. The summed E-state index contributed by atoms with van der Waals surface area (Å²) < 4.78 is 0. The summed E-state index contributed by atoms with van der Waals surface area (Å²) in [5.74, 6) is 0.0917. The Labute approximate surface area is 126 Å². The Morgan fingerprint density at radius 2 is 1.67 bits per heavy atom. The first kappa shape index (κ1) is 15.4. The van der Waals surface area contributed by atoms with E-state index in [-0.39, 0.29) is 11.2 Å². The highest BCUT2D eigenvalue weighted by molar-refractivity contribution is 5.98. The Morgan fingerprint density at radius 3 is 2.24 bits per heavy atom. The van der Waals surface area contributed by atoms with E-state index < -0.39 is 0 Å². The second-order valence-corrected chi connectivity index (χ2v) is 6.53. The topological polar surface area (TPSA) is 42.9 Å². The molecule has 0 amide bonds. The first-order valence-electron chi connectivity index (χ1n) is 7.21. The fraction of sp³-hybridized carbons (Fsp3) is 0.389. The summed E-state index contributed by atoms with van der Waals surface area (Å²) in [4.78, 5) is 12.4. The van der Waals surface area contributed by atoms with Crippen molar-refractivity contribution in [2.75, 3.05) is 0 Å². The van der Waals surface area contributed by atoms with Crippen molar-refractivity contribution in [3.8, 4) is 0 Å². The second kappa shape index (κ2) is 5.76. The highest BCUT2D eigenvalue weighted by atomic mass is 16.1. The van der Waals surface area contributed by atoms with Crippen LogP contribution in [0.15, 0.2) is 30.3 Å². The zero-order valence-electron chi connectivity index (χ0n) is 13.4. The van der Waals surface area contributed by atoms with Crippen molar-refractivity contribution in [2.24, 2.45) is 0 Å². The molecule has 1 heterocycles. The van der Waals surface area contributed by atoms with Gasteiger partial charge in [0.05, 0.1) is 11.4 Å². The quantitative estimate of drug-likeness (QED) is 0.804. The maximum Gasteiger partial charge on any atom is 0.169 e. The van der Waals surface area contributed by atoms with Crippen LogP contribution in [0.4, 0.5) is 0 Å². The van der Waals surface area contributed by atoms with Gasteiger partial charge in [-0.15, -0.1) is 0 Å². The van der Waals surface area contributed by atoms with Crippen LogP contribution in [-0.4, -0.2) is 16.0 Å². The third-order valence-electron chi connectivity index (χ3n) is 3.59. The Bertz CT molecular complexity index is 652. The van der Waals surface area contributed by atoms with Crippen molar-refractivity contribution in [1.82, 2.24) is 10.2 Å². The molecule has 1 aromatic heterocycles. The number of Topliss-reactive ketones (excluding diaryl/α,β-unsaturated/α-hetero) is 1. The molecule has 1 aromatic carbocycles. The first-order chi connectivity index (χ1) is 9.77. The number of rotatable bonds is 3. The lowest BCUT2D eigenvalue weighted by atomic mass is 9.86. The molecule has 0 aliphatic rings. The number of carbonyl (C=O) groups is 1. The van der Waals surface area contributed by atoms with Gasteiger partial charge in [-0.3, -0.25) is 4.79 Å². The molecule has 0 fully saturated rings. The molecule has 0 saturated heterocycles. The van der Waals surface area contributed by atoms with E-state index in [9.17, 15) is 4.79 Å². The molecule has 0 aliphatic heterocycles. The van der Waals surface area contributed by atoms with Gasteiger partial charge in [-0.25, -0.2) is 0 Å². The highest BCUT2D eigenvalue weighted by Gasteiger charge is 2.15. The van der Waals surface area contributed by atoms with Crippen molar-refractivity contribution in [3.05, 3.63) is 58.4 Å². The largest absolute Gasteiger partial charge is 0.294 e. The van der Waals surface area contributed by atoms with Gasteiger partial charge >= 0.3 is 0 Å². The maximum absolute atomic E-state index is 12.4. The van der Waals surface area contributed by atoms with E-state index in [0.717, 1.165) is 11.3 Å². The molecule has 3 heteroatoms. The van der Waals surface area contributed by atoms with E-state index in [1.54, 1.807) is 0 Å². The number of aromatic nitrogens is 2. The summed E-state index contributed by atoms with van der Waals surface area (Å²) in [5.41, 5.74) is 4.56. The summed E-state index contributed by atoms with van der Waals surface area (Å²) in [6.45, 7) is 10.2. The zero-order valence-corrected chi connectivity index (χ0v) is 13.4. The van der Waals surface area contributed by atoms with E-state index >= 15 is 0 Å². The molecule has 2 aromatic rings. The number of hydrogen-bond donors (Lipinski definition) is 0. The Hall–Kier alpha value is -2.03. The average molecular weight is 282 g/mol. The number of benzene rings is 1. The molecular weight excluding hydrogens is 260 g/mol. The standard InChI is InChI=1S/C18H22N2O/c1-12-10-16(13(2)20-19-12)17(21)11-14-6-8-15(9-7-14)18(3,4)5/h6-10H,11H2,1-5H3. The van der Waals surface area contributed by atoms with Crippen LogP contribution in [0.1, 0.15) is 53.6 Å². The van der Waals surface area contributed by atoms with Crippen LogP contribution in [0.5, 0.6) is 0 Å². The lowest BCUT2D eigenvalue weighted by molar-refractivity contribution is 0.0991. The minimum Gasteiger partial charge on any atom is -0.294 e. The molecule has 0 spiro atoms. The van der Waals surface area contributed by atoms with Gasteiger partial charge in [0.15, 0.2) is 5.78 Å². The third-order valence-corrected chi connectivity index (χ3v) is 3.59. The molecule has 0 unspecified atom stereocenters. The molecule has 0 bridgehead atoms. The van der Waals surface area contributed by atoms with Gasteiger partial charge in [0.2, 0.25) is 0 Å². The van der Waals surface area contributed by atoms with Crippen molar-refractivity contribution in [1.29, 1.82) is 0 Å². The summed E-state index contributed by atoms with van der Waals surface area (Å²) in [6, 6.07) is 10.1. The van der Waals surface area contributed by atoms with Crippen LogP contribution in [0.2, 0.25) is 0 Å². The van der Waals surface area contributed by atoms with E-state index in [4.69, 9.17) is 0 Å². The van der Waals surface area contributed by atoms with E-state index in [1.807, 2.05) is 32.0 Å². The van der Waals surface area contributed by atoms with Gasteiger partial charge in [0, 0.05) is 12.0 Å². The number of aryl methyl sites for hydroxylation is 2. The normalized spacial score (nSPS) is 11.5. The molecule has 110 valence electrons. The predicted octanol–water partition coefficient (Wildman–Crippen LogP) is 3.82. The molecule has 3 nitrogen and oxygen atoms in total. The Morgan fingerprint density at radius 1 is 1.05 bits per heavy atom. The highest BCUT2D eigenvalue weighted by Crippen LogP contribution is 2.22. The third kappa shape index (κ3) is 3.75. The van der Waals surface area contributed by atoms with E-state index in [2.05, 4.69) is 43.1 Å². The van der Waals surface area contributed by atoms with Gasteiger partial charge in [-0.05, 0) is 36.5 Å². The second-order valence-electron chi connectivity index (χ2n) is 6.53. The monoisotopic (exact) mass is 282 g/mol. The number of ketones is 1. The van der Waals surface area contributed by atoms with Crippen LogP contribution in [-0.2, 0) is 11.8 Å². The van der Waals surface area contributed by atoms with Gasteiger partial charge in [0.1, 0.15) is 0 Å². The van der Waals surface area contributed by atoms with Crippen LogP contribution in [0.25, 0.3) is 0 Å². The molecule has 21 heavy (non-hydrogen) atoms. The maximum atomic E-state index is 12.4. The smallest absolute Gasteiger partial charge is 0.169 e. The Balaban J connectivity index is 2.18. The lowest BCUT2D eigenvalue weighted by Crippen LogP contribution is -2.12. The molecule has 2 rings (SSSR count). The molecular formula is C18H22N2O. The Kier molecular flexibility index (Phi) is 4.21. The zero-order chi connectivity index (χ0) is 15.6. The summed E-state index contributed by atoms with van der Waals surface area (Å²) in [6.07, 6.45) is 0.399. The van der Waals surface area contributed by atoms with E-state index in [0.29, 0.717) is 17.7 Å². The van der Waals surface area contributed by atoms with Crippen LogP contribution in [0, 0.1) is 13.8 Å². The van der Waals surface area contributed by atoms with Crippen molar-refractivity contribution >= 4 is 5.78 Å². The molecule has 0 N–H and O–H groups in total. The van der Waals surface area contributed by atoms with E-state index in [1.165, 1.54) is 5.56 Å². The molecule has 0 radical (unpaired) electrons. The fourth-order valence-electron chi connectivity index (χ4n) is 2.24. The summed E-state index contributed by atoms with van der Waals surface area (Å²) in [5, 5.41) is 7.98. The van der Waals surface area contributed by atoms with Gasteiger partial charge in [0.25, 0.3) is 0 Å². The van der Waals surface area contributed by atoms with Crippen molar-refractivity contribution < 1.29 is 4.79 Å². The lowest BCUT2D eigenvalue weighted by Gasteiger charge is -2.19. The van der Waals surface area contributed by atoms with Crippen molar-refractivity contribution in [3.63, 3.8) is 0 Å². The SMILES string of the molecule is Cc1cc(C(=O)Cc2ccc(C(C)(C)C)cc2)c(C)nn1. The predicted molar refractivity (Wildman–Crippen MR) is 84.7 cm³/mol. The number of nitrogens with zero attached hydrogens (tertiary/aromatic N) is 2. The summed E-state index contributed by atoms with van der Waals surface area (Å²) in [7, 11) is 0. The minimum atomic E-state index is 0.0917. The van der Waals surface area contributed by atoms with Crippen molar-refractivity contribution in [2.45, 2.75) is 46.5 Å². The number of carbonyl (C=O) groups excluding carboxylic acids is 1. The average Bonchev–Trinajstić information content (AvgIpc) is 2.41. The summed E-state index contributed by atoms with van der Waals surface area (Å²) >= 11 is 0. The van der Waals surface area contributed by atoms with Gasteiger partial charge in [-0.2, -0.15) is 10.2 Å².